The highest BCUT2D eigenvalue weighted by molar-refractivity contribution is 6.54. The van der Waals surface area contributed by atoms with Crippen LogP contribution in [0.4, 0.5) is 0 Å². The van der Waals surface area contributed by atoms with Gasteiger partial charge in [0.05, 0.1) is 12.7 Å². The molecule has 0 unspecified atom stereocenters. The van der Waals surface area contributed by atoms with Crippen molar-refractivity contribution in [2.24, 2.45) is 0 Å². The van der Waals surface area contributed by atoms with Crippen molar-refractivity contribution >= 4 is 22.3 Å². The van der Waals surface area contributed by atoms with Crippen LogP contribution in [0.2, 0.25) is 0 Å². The molecule has 3 aromatic rings. The lowest BCUT2D eigenvalue weighted by atomic mass is 9.82. The first-order valence-corrected chi connectivity index (χ1v) is 7.00. The Morgan fingerprint density at radius 1 is 0.773 bits per heavy atom. The molecule has 3 nitrogen and oxygen atoms in total. The predicted molar refractivity (Wildman–Crippen MR) is 84.6 cm³/mol. The van der Waals surface area contributed by atoms with E-state index < -0.39 is 11.6 Å². The van der Waals surface area contributed by atoms with Gasteiger partial charge in [-0.3, -0.25) is 9.59 Å². The van der Waals surface area contributed by atoms with Crippen LogP contribution in [0.3, 0.4) is 0 Å². The number of methoxy groups -OCH3 is 1. The minimum absolute atomic E-state index is 0.366. The zero-order valence-corrected chi connectivity index (χ0v) is 11.9. The number of benzene rings is 3. The van der Waals surface area contributed by atoms with E-state index in [1.807, 2.05) is 42.5 Å². The van der Waals surface area contributed by atoms with Gasteiger partial charge in [-0.2, -0.15) is 0 Å². The molecule has 0 saturated carbocycles. The van der Waals surface area contributed by atoms with Gasteiger partial charge in [0.1, 0.15) is 5.75 Å². The third kappa shape index (κ3) is 1.56. The topological polar surface area (TPSA) is 43.4 Å². The standard InChI is InChI=1S/C19H12O3/c1-22-19-12-7-3-2-6-11(12)10-15-13-8-4-5-9-14(13)17(20)18(21)16(15)19/h2-10H,1H3. The Morgan fingerprint density at radius 2 is 1.45 bits per heavy atom. The molecule has 1 aliphatic carbocycles. The van der Waals surface area contributed by atoms with Crippen molar-refractivity contribution in [2.75, 3.05) is 7.11 Å². The van der Waals surface area contributed by atoms with Crippen LogP contribution in [0.25, 0.3) is 21.9 Å². The fourth-order valence-electron chi connectivity index (χ4n) is 3.12. The molecule has 0 radical (unpaired) electrons. The van der Waals surface area contributed by atoms with Gasteiger partial charge in [-0.1, -0.05) is 48.5 Å². The molecule has 3 aromatic carbocycles. The molecule has 106 valence electrons. The first-order chi connectivity index (χ1) is 10.7. The highest BCUT2D eigenvalue weighted by Crippen LogP contribution is 2.42. The summed E-state index contributed by atoms with van der Waals surface area (Å²) in [6, 6.07) is 16.9. The van der Waals surface area contributed by atoms with Crippen molar-refractivity contribution in [3.63, 3.8) is 0 Å². The molecule has 0 heterocycles. The zero-order valence-electron chi connectivity index (χ0n) is 11.9. The van der Waals surface area contributed by atoms with Gasteiger partial charge in [0.25, 0.3) is 0 Å². The van der Waals surface area contributed by atoms with Crippen molar-refractivity contribution in [1.29, 1.82) is 0 Å². The predicted octanol–water partition coefficient (Wildman–Crippen LogP) is 3.89. The van der Waals surface area contributed by atoms with Crippen LogP contribution < -0.4 is 4.74 Å². The molecule has 0 atom stereocenters. The van der Waals surface area contributed by atoms with E-state index >= 15 is 0 Å². The Labute approximate surface area is 127 Å². The summed E-state index contributed by atoms with van der Waals surface area (Å²) in [5, 5.41) is 1.82. The molecule has 4 rings (SSSR count). The fourth-order valence-corrected chi connectivity index (χ4v) is 3.12. The Bertz CT molecular complexity index is 954. The van der Waals surface area contributed by atoms with Crippen LogP contribution >= 0.6 is 0 Å². The van der Waals surface area contributed by atoms with Gasteiger partial charge in [-0.05, 0) is 22.6 Å². The maximum atomic E-state index is 12.6. The van der Waals surface area contributed by atoms with Crippen LogP contribution in [0, 0.1) is 0 Å². The number of rotatable bonds is 1. The maximum absolute atomic E-state index is 12.6. The number of ether oxygens (including phenoxy) is 1. The molecule has 0 saturated heterocycles. The largest absolute Gasteiger partial charge is 0.495 e. The average molecular weight is 288 g/mol. The summed E-state index contributed by atoms with van der Waals surface area (Å²) in [6.45, 7) is 0. The van der Waals surface area contributed by atoms with Crippen molar-refractivity contribution in [3.8, 4) is 16.9 Å². The first kappa shape index (κ1) is 12.8. The molecule has 0 spiro atoms. The van der Waals surface area contributed by atoms with Crippen molar-refractivity contribution in [3.05, 3.63) is 65.7 Å². The Hall–Kier alpha value is -2.94. The number of ketones is 2. The van der Waals surface area contributed by atoms with Gasteiger partial charge in [0, 0.05) is 10.9 Å². The van der Waals surface area contributed by atoms with E-state index in [-0.39, 0.29) is 0 Å². The summed E-state index contributed by atoms with van der Waals surface area (Å²) in [6.07, 6.45) is 0. The number of carbonyl (C=O) groups is 2. The minimum atomic E-state index is -0.503. The number of carbonyl (C=O) groups excluding carboxylic acids is 2. The number of Topliss-reactive ketones (excluding diaryl/α,β-unsaturated/α-hetero) is 2. The number of hydrogen-bond donors (Lipinski definition) is 0. The van der Waals surface area contributed by atoms with Gasteiger partial charge in [0.2, 0.25) is 11.6 Å². The van der Waals surface area contributed by atoms with Gasteiger partial charge in [-0.15, -0.1) is 0 Å². The van der Waals surface area contributed by atoms with Gasteiger partial charge in [-0.25, -0.2) is 0 Å². The fraction of sp³-hybridized carbons (Fsp3) is 0.0526. The quantitative estimate of drug-likeness (QED) is 0.638. The van der Waals surface area contributed by atoms with E-state index in [0.717, 1.165) is 21.9 Å². The van der Waals surface area contributed by atoms with Crippen molar-refractivity contribution < 1.29 is 14.3 Å². The lowest BCUT2D eigenvalue weighted by Gasteiger charge is -2.21. The highest BCUT2D eigenvalue weighted by atomic mass is 16.5. The third-order valence-electron chi connectivity index (χ3n) is 4.10. The van der Waals surface area contributed by atoms with Crippen molar-refractivity contribution in [1.82, 2.24) is 0 Å². The van der Waals surface area contributed by atoms with Crippen LogP contribution in [0.1, 0.15) is 20.7 Å². The average Bonchev–Trinajstić information content (AvgIpc) is 2.57. The maximum Gasteiger partial charge on any atom is 0.237 e. The first-order valence-electron chi connectivity index (χ1n) is 7.00. The lowest BCUT2D eigenvalue weighted by molar-refractivity contribution is 0.0813. The molecule has 0 bridgehead atoms. The molecule has 1 aliphatic rings. The zero-order chi connectivity index (χ0) is 15.3. The van der Waals surface area contributed by atoms with E-state index in [0.29, 0.717) is 16.9 Å². The second kappa shape index (κ2) is 4.53. The molecule has 3 heteroatoms. The third-order valence-corrected chi connectivity index (χ3v) is 4.10. The molecule has 0 N–H and O–H groups in total. The molecular formula is C19H12O3. The molecule has 0 fully saturated rings. The van der Waals surface area contributed by atoms with Gasteiger partial charge < -0.3 is 4.74 Å². The summed E-state index contributed by atoms with van der Waals surface area (Å²) in [5.74, 6) is -0.506. The second-order valence-electron chi connectivity index (χ2n) is 5.26. The lowest BCUT2D eigenvalue weighted by Crippen LogP contribution is -2.22. The highest BCUT2D eigenvalue weighted by Gasteiger charge is 2.33. The monoisotopic (exact) mass is 288 g/mol. The summed E-state index contributed by atoms with van der Waals surface area (Å²) in [5.41, 5.74) is 2.36. The van der Waals surface area contributed by atoms with Crippen LogP contribution in [0.5, 0.6) is 5.75 Å². The molecule has 0 aliphatic heterocycles. The van der Waals surface area contributed by atoms with Crippen LogP contribution in [0.15, 0.2) is 54.6 Å². The number of hydrogen-bond acceptors (Lipinski definition) is 3. The molecular weight excluding hydrogens is 276 g/mol. The SMILES string of the molecule is COc1c2c(cc3ccccc13)-c1ccccc1C(=O)C2=O. The summed E-state index contributed by atoms with van der Waals surface area (Å²) in [4.78, 5) is 25.0. The van der Waals surface area contributed by atoms with E-state index in [1.165, 1.54) is 7.11 Å². The van der Waals surface area contributed by atoms with E-state index in [4.69, 9.17) is 4.74 Å². The van der Waals surface area contributed by atoms with Crippen LogP contribution in [-0.4, -0.2) is 18.7 Å². The van der Waals surface area contributed by atoms with Gasteiger partial charge in [0.15, 0.2) is 0 Å². The smallest absolute Gasteiger partial charge is 0.237 e. The Kier molecular flexibility index (Phi) is 2.63. The Balaban J connectivity index is 2.21. The molecule has 0 aromatic heterocycles. The van der Waals surface area contributed by atoms with Gasteiger partial charge >= 0.3 is 0 Å². The van der Waals surface area contributed by atoms with E-state index in [2.05, 4.69) is 0 Å². The van der Waals surface area contributed by atoms with E-state index in [1.54, 1.807) is 12.1 Å². The minimum Gasteiger partial charge on any atom is -0.495 e. The van der Waals surface area contributed by atoms with Crippen molar-refractivity contribution in [2.45, 2.75) is 0 Å². The summed E-state index contributed by atoms with van der Waals surface area (Å²) >= 11 is 0. The summed E-state index contributed by atoms with van der Waals surface area (Å²) < 4.78 is 5.49. The van der Waals surface area contributed by atoms with E-state index in [9.17, 15) is 9.59 Å². The summed E-state index contributed by atoms with van der Waals surface area (Å²) in [7, 11) is 1.53. The number of fused-ring (bicyclic) bond motifs is 4. The molecule has 0 amide bonds. The normalized spacial score (nSPS) is 13.0. The Morgan fingerprint density at radius 3 is 2.23 bits per heavy atom. The second-order valence-corrected chi connectivity index (χ2v) is 5.26. The molecule has 22 heavy (non-hydrogen) atoms. The van der Waals surface area contributed by atoms with Crippen LogP contribution in [-0.2, 0) is 0 Å².